The zero-order chi connectivity index (χ0) is 22.6. The predicted octanol–water partition coefficient (Wildman–Crippen LogP) is 2.61. The number of fused-ring (bicyclic) bond motifs is 1. The molecule has 1 saturated heterocycles. The topological polar surface area (TPSA) is 108 Å². The normalized spacial score (nSPS) is 16.1. The number of pyridine rings is 2. The zero-order valence-electron chi connectivity index (χ0n) is 18.3. The highest BCUT2D eigenvalue weighted by molar-refractivity contribution is 5.95. The Balaban J connectivity index is 1.59. The van der Waals surface area contributed by atoms with E-state index < -0.39 is 0 Å². The molecular formula is C24H25N7O2. The molecule has 0 aliphatic carbocycles. The number of methoxy groups -OCH3 is 1. The molecule has 1 unspecified atom stereocenters. The first-order valence-corrected chi connectivity index (χ1v) is 10.8. The number of piperazine rings is 1. The fraction of sp³-hybridized carbons (Fsp3) is 0.250. The Bertz CT molecular complexity index is 1250. The monoisotopic (exact) mass is 443 g/mol. The molecule has 9 heteroatoms. The van der Waals surface area contributed by atoms with E-state index in [4.69, 9.17) is 14.7 Å². The SMILES string of the molecule is COc1cncc2nc(-c3ccnc(Nc4ccccc4)c3)nc(N3CCNC(CO)C3)c12. The van der Waals surface area contributed by atoms with Gasteiger partial charge in [-0.1, -0.05) is 18.2 Å². The van der Waals surface area contributed by atoms with E-state index in [0.717, 1.165) is 35.5 Å². The van der Waals surface area contributed by atoms with Crippen molar-refractivity contribution < 1.29 is 9.84 Å². The van der Waals surface area contributed by atoms with Crippen LogP contribution in [0.4, 0.5) is 17.3 Å². The molecule has 0 amide bonds. The number of aromatic nitrogens is 4. The van der Waals surface area contributed by atoms with Crippen LogP contribution in [0, 0.1) is 0 Å². The van der Waals surface area contributed by atoms with Crippen LogP contribution < -0.4 is 20.3 Å². The molecule has 0 saturated carbocycles. The number of aliphatic hydroxyl groups excluding tert-OH is 1. The number of benzene rings is 1. The van der Waals surface area contributed by atoms with E-state index in [2.05, 4.69) is 25.5 Å². The average molecular weight is 444 g/mol. The van der Waals surface area contributed by atoms with Crippen LogP contribution in [0.3, 0.4) is 0 Å². The van der Waals surface area contributed by atoms with Gasteiger partial charge in [0.1, 0.15) is 17.4 Å². The highest BCUT2D eigenvalue weighted by atomic mass is 16.5. The number of rotatable bonds is 6. The fourth-order valence-electron chi connectivity index (χ4n) is 4.00. The molecular weight excluding hydrogens is 418 g/mol. The molecule has 4 heterocycles. The Labute approximate surface area is 191 Å². The van der Waals surface area contributed by atoms with Crippen molar-refractivity contribution in [2.75, 3.05) is 43.6 Å². The molecule has 3 N–H and O–H groups in total. The first-order valence-electron chi connectivity index (χ1n) is 10.8. The third-order valence-corrected chi connectivity index (χ3v) is 5.61. The van der Waals surface area contributed by atoms with Crippen LogP contribution >= 0.6 is 0 Å². The van der Waals surface area contributed by atoms with Crippen LogP contribution in [-0.2, 0) is 0 Å². The summed E-state index contributed by atoms with van der Waals surface area (Å²) in [6.45, 7) is 2.19. The summed E-state index contributed by atoms with van der Waals surface area (Å²) in [6, 6.07) is 13.7. The summed E-state index contributed by atoms with van der Waals surface area (Å²) in [5.74, 6) is 2.67. The molecule has 1 aliphatic rings. The lowest BCUT2D eigenvalue weighted by molar-refractivity contribution is 0.235. The minimum atomic E-state index is -0.0253. The number of ether oxygens (including phenoxy) is 1. The van der Waals surface area contributed by atoms with Crippen LogP contribution in [0.5, 0.6) is 5.75 Å². The number of hydrogen-bond acceptors (Lipinski definition) is 9. The molecule has 0 bridgehead atoms. The van der Waals surface area contributed by atoms with E-state index in [1.54, 1.807) is 25.7 Å². The maximum absolute atomic E-state index is 9.68. The van der Waals surface area contributed by atoms with E-state index in [-0.39, 0.29) is 12.6 Å². The number of hydrogen-bond donors (Lipinski definition) is 3. The van der Waals surface area contributed by atoms with Gasteiger partial charge in [0.2, 0.25) is 0 Å². The third-order valence-electron chi connectivity index (χ3n) is 5.61. The molecule has 0 radical (unpaired) electrons. The molecule has 1 fully saturated rings. The summed E-state index contributed by atoms with van der Waals surface area (Å²) in [7, 11) is 1.62. The summed E-state index contributed by atoms with van der Waals surface area (Å²) in [5.41, 5.74) is 2.48. The molecule has 1 aliphatic heterocycles. The Kier molecular flexibility index (Phi) is 5.97. The van der Waals surface area contributed by atoms with Gasteiger partial charge in [-0.2, -0.15) is 0 Å². The molecule has 5 rings (SSSR count). The van der Waals surface area contributed by atoms with Gasteiger partial charge in [-0.3, -0.25) is 4.98 Å². The molecule has 1 atom stereocenters. The smallest absolute Gasteiger partial charge is 0.162 e. The molecule has 3 aromatic heterocycles. The highest BCUT2D eigenvalue weighted by Gasteiger charge is 2.24. The molecule has 33 heavy (non-hydrogen) atoms. The lowest BCUT2D eigenvalue weighted by atomic mass is 10.1. The second kappa shape index (κ2) is 9.35. The minimum absolute atomic E-state index is 0.0253. The van der Waals surface area contributed by atoms with Crippen molar-refractivity contribution in [2.45, 2.75) is 6.04 Å². The predicted molar refractivity (Wildman–Crippen MR) is 128 cm³/mol. The van der Waals surface area contributed by atoms with Crippen molar-refractivity contribution in [1.29, 1.82) is 0 Å². The van der Waals surface area contributed by atoms with E-state index in [1.807, 2.05) is 42.5 Å². The van der Waals surface area contributed by atoms with Crippen molar-refractivity contribution >= 4 is 28.2 Å². The summed E-state index contributed by atoms with van der Waals surface area (Å²) in [6.07, 6.45) is 5.14. The van der Waals surface area contributed by atoms with Crippen molar-refractivity contribution in [3.05, 3.63) is 61.1 Å². The Morgan fingerprint density at radius 3 is 2.88 bits per heavy atom. The first kappa shape index (κ1) is 21.0. The summed E-state index contributed by atoms with van der Waals surface area (Å²) >= 11 is 0. The van der Waals surface area contributed by atoms with E-state index in [0.29, 0.717) is 29.5 Å². The maximum Gasteiger partial charge on any atom is 0.162 e. The van der Waals surface area contributed by atoms with Crippen molar-refractivity contribution in [2.24, 2.45) is 0 Å². The first-order chi connectivity index (χ1) is 16.2. The molecule has 0 spiro atoms. The summed E-state index contributed by atoms with van der Waals surface area (Å²) in [5, 5.41) is 17.1. The summed E-state index contributed by atoms with van der Waals surface area (Å²) in [4.78, 5) is 20.7. The number of nitrogens with zero attached hydrogens (tertiary/aromatic N) is 5. The highest BCUT2D eigenvalue weighted by Crippen LogP contribution is 2.34. The van der Waals surface area contributed by atoms with Crippen LogP contribution in [0.25, 0.3) is 22.3 Å². The second-order valence-corrected chi connectivity index (χ2v) is 7.81. The van der Waals surface area contributed by atoms with Crippen molar-refractivity contribution in [3.63, 3.8) is 0 Å². The van der Waals surface area contributed by atoms with Gasteiger partial charge in [0.15, 0.2) is 5.82 Å². The number of nitrogens with one attached hydrogen (secondary N) is 2. The van der Waals surface area contributed by atoms with Gasteiger partial charge in [-0.25, -0.2) is 15.0 Å². The second-order valence-electron chi connectivity index (χ2n) is 7.81. The van der Waals surface area contributed by atoms with E-state index in [9.17, 15) is 5.11 Å². The molecule has 1 aromatic carbocycles. The Hall–Kier alpha value is -3.82. The molecule has 9 nitrogen and oxygen atoms in total. The van der Waals surface area contributed by atoms with Crippen molar-refractivity contribution in [3.8, 4) is 17.1 Å². The van der Waals surface area contributed by atoms with Crippen LogP contribution in [-0.4, -0.2) is 64.4 Å². The maximum atomic E-state index is 9.68. The zero-order valence-corrected chi connectivity index (χ0v) is 18.3. The van der Waals surface area contributed by atoms with Gasteiger partial charge in [0.25, 0.3) is 0 Å². The Morgan fingerprint density at radius 1 is 1.18 bits per heavy atom. The van der Waals surface area contributed by atoms with Gasteiger partial charge >= 0.3 is 0 Å². The fourth-order valence-corrected chi connectivity index (χ4v) is 4.00. The number of para-hydroxylation sites is 1. The van der Waals surface area contributed by atoms with Gasteiger partial charge in [0.05, 0.1) is 37.0 Å². The average Bonchev–Trinajstić information content (AvgIpc) is 2.88. The summed E-state index contributed by atoms with van der Waals surface area (Å²) < 4.78 is 5.59. The van der Waals surface area contributed by atoms with Crippen LogP contribution in [0.1, 0.15) is 0 Å². The quantitative estimate of drug-likeness (QED) is 0.414. The molecule has 168 valence electrons. The Morgan fingerprint density at radius 2 is 2.06 bits per heavy atom. The van der Waals surface area contributed by atoms with E-state index in [1.165, 1.54) is 0 Å². The van der Waals surface area contributed by atoms with Gasteiger partial charge in [-0.15, -0.1) is 0 Å². The largest absolute Gasteiger partial charge is 0.494 e. The standard InChI is InChI=1S/C24H25N7O2/c1-33-20-13-25-12-19-22(20)24(31-10-9-26-18(14-31)15-32)30-23(29-19)16-7-8-27-21(11-16)28-17-5-3-2-4-6-17/h2-8,11-13,18,26,32H,9-10,14-15H2,1H3,(H,27,28). The van der Waals surface area contributed by atoms with Gasteiger partial charge < -0.3 is 25.4 Å². The van der Waals surface area contributed by atoms with Crippen LogP contribution in [0.15, 0.2) is 61.1 Å². The van der Waals surface area contributed by atoms with Gasteiger partial charge in [0, 0.05) is 43.1 Å². The molecule has 4 aromatic rings. The van der Waals surface area contributed by atoms with Crippen molar-refractivity contribution in [1.82, 2.24) is 25.3 Å². The van der Waals surface area contributed by atoms with Crippen LogP contribution in [0.2, 0.25) is 0 Å². The number of anilines is 3. The lowest BCUT2D eigenvalue weighted by Gasteiger charge is -2.34. The third kappa shape index (κ3) is 4.41. The minimum Gasteiger partial charge on any atom is -0.494 e. The number of aliphatic hydroxyl groups is 1. The van der Waals surface area contributed by atoms with Gasteiger partial charge in [-0.05, 0) is 24.3 Å². The lowest BCUT2D eigenvalue weighted by Crippen LogP contribution is -2.52. The van der Waals surface area contributed by atoms with E-state index >= 15 is 0 Å².